The zero-order chi connectivity index (χ0) is 25.2. The number of sulfone groups is 1. The first-order valence-electron chi connectivity index (χ1n) is 9.25. The summed E-state index contributed by atoms with van der Waals surface area (Å²) in [5.74, 6) is -1.32. The van der Waals surface area contributed by atoms with Gasteiger partial charge in [-0.1, -0.05) is 40.9 Å². The lowest BCUT2D eigenvalue weighted by atomic mass is 9.92. The van der Waals surface area contributed by atoms with E-state index in [0.29, 0.717) is 11.1 Å². The van der Waals surface area contributed by atoms with Crippen LogP contribution in [0.3, 0.4) is 0 Å². The van der Waals surface area contributed by atoms with E-state index in [1.165, 1.54) is 12.1 Å². The molecule has 1 amide bonds. The first-order valence-corrected chi connectivity index (χ1v) is 12.4. The lowest BCUT2D eigenvalue weighted by molar-refractivity contribution is -0.260. The number of amides is 1. The summed E-state index contributed by atoms with van der Waals surface area (Å²) < 4.78 is 63.7. The van der Waals surface area contributed by atoms with Crippen LogP contribution in [0.2, 0.25) is 15.1 Å². The van der Waals surface area contributed by atoms with Crippen molar-refractivity contribution in [1.29, 1.82) is 0 Å². The molecule has 0 saturated carbocycles. The molecule has 33 heavy (non-hydrogen) atoms. The number of halogens is 6. The van der Waals surface area contributed by atoms with Crippen molar-refractivity contribution in [3.8, 4) is 0 Å². The average Bonchev–Trinajstić information content (AvgIpc) is 2.66. The van der Waals surface area contributed by atoms with Crippen LogP contribution in [0.1, 0.15) is 16.7 Å². The van der Waals surface area contributed by atoms with Crippen molar-refractivity contribution >= 4 is 56.2 Å². The molecular weight excluding hydrogens is 528 g/mol. The first kappa shape index (κ1) is 27.5. The Morgan fingerprint density at radius 2 is 1.67 bits per heavy atom. The maximum absolute atomic E-state index is 13.8. The van der Waals surface area contributed by atoms with Crippen molar-refractivity contribution in [2.75, 3.05) is 23.9 Å². The highest BCUT2D eigenvalue weighted by molar-refractivity contribution is 7.91. The molecule has 0 fully saturated rings. The van der Waals surface area contributed by atoms with Gasteiger partial charge in [0.2, 0.25) is 11.5 Å². The molecule has 0 unspecified atom stereocenters. The topological polar surface area (TPSA) is 95.5 Å². The second kappa shape index (κ2) is 10.3. The minimum atomic E-state index is -5.07. The second-order valence-corrected chi connectivity index (χ2v) is 10.8. The fourth-order valence-corrected chi connectivity index (χ4v) is 4.05. The summed E-state index contributed by atoms with van der Waals surface area (Å²) in [6, 6.07) is 6.35. The number of carbonyl (C=O) groups excluding carboxylic acids is 1. The van der Waals surface area contributed by atoms with E-state index in [0.717, 1.165) is 18.4 Å². The molecule has 182 valence electrons. The van der Waals surface area contributed by atoms with Gasteiger partial charge in [-0.15, -0.1) is 0 Å². The molecule has 2 aromatic carbocycles. The monoisotopic (exact) mass is 546 g/mol. The van der Waals surface area contributed by atoms with Crippen LogP contribution in [0, 0.1) is 6.92 Å². The second-order valence-electron chi connectivity index (χ2n) is 7.45. The highest BCUT2D eigenvalue weighted by Gasteiger charge is 2.55. The zero-order valence-electron chi connectivity index (χ0n) is 17.4. The molecule has 0 heterocycles. The Kier molecular flexibility index (Phi) is 8.56. The lowest BCUT2D eigenvalue weighted by Crippen LogP contribution is -2.47. The van der Waals surface area contributed by atoms with E-state index in [1.54, 1.807) is 13.0 Å². The fourth-order valence-electron chi connectivity index (χ4n) is 2.88. The number of aryl methyl sites for hydroxylation is 1. The number of anilines is 1. The van der Waals surface area contributed by atoms with Crippen LogP contribution in [0.5, 0.6) is 0 Å². The Balaban J connectivity index is 2.19. The molecule has 3 N–H and O–H groups in total. The maximum atomic E-state index is 13.8. The summed E-state index contributed by atoms with van der Waals surface area (Å²) in [7, 11) is -3.47. The smallest absolute Gasteiger partial charge is 0.381 e. The fraction of sp³-hybridized carbons (Fsp3) is 0.350. The van der Waals surface area contributed by atoms with Gasteiger partial charge in [-0.05, 0) is 47.9 Å². The minimum Gasteiger partial charge on any atom is -0.381 e. The van der Waals surface area contributed by atoms with Crippen molar-refractivity contribution in [2.24, 2.45) is 0 Å². The molecular formula is C20H20Cl3F3N2O4S. The summed E-state index contributed by atoms with van der Waals surface area (Å²) in [6.45, 7) is 0.751. The van der Waals surface area contributed by atoms with Gasteiger partial charge >= 0.3 is 6.18 Å². The van der Waals surface area contributed by atoms with E-state index < -0.39 is 45.4 Å². The number of aliphatic hydroxyl groups is 1. The zero-order valence-corrected chi connectivity index (χ0v) is 20.4. The first-order chi connectivity index (χ1) is 15.0. The van der Waals surface area contributed by atoms with Gasteiger partial charge in [0, 0.05) is 18.5 Å². The lowest BCUT2D eigenvalue weighted by Gasteiger charge is -2.32. The number of rotatable bonds is 8. The van der Waals surface area contributed by atoms with E-state index in [1.807, 2.05) is 0 Å². The standard InChI is InChI=1S/C20H20Cl3F3N2O4S/c1-11-5-14(4-3-12(11)8-27-17(29)9-33(2,31)32)28-10-19(30,20(24,25)26)13-6-15(21)18(23)16(22)7-13/h3-7,28,30H,8-10H2,1-2H3,(H,27,29)/t19-/m0/s1. The Morgan fingerprint density at radius 3 is 2.15 bits per heavy atom. The number of hydrogen-bond acceptors (Lipinski definition) is 5. The van der Waals surface area contributed by atoms with Gasteiger partial charge < -0.3 is 15.7 Å². The van der Waals surface area contributed by atoms with Crippen LogP contribution < -0.4 is 10.6 Å². The molecule has 0 aliphatic heterocycles. The SMILES string of the molecule is Cc1cc(NC[C@](O)(c2cc(Cl)c(Cl)c(Cl)c2)C(F)(F)F)ccc1CNC(=O)CS(C)(=O)=O. The molecule has 6 nitrogen and oxygen atoms in total. The highest BCUT2D eigenvalue weighted by Crippen LogP contribution is 2.43. The number of nitrogens with one attached hydrogen (secondary N) is 2. The number of carbonyl (C=O) groups is 1. The van der Waals surface area contributed by atoms with Crippen molar-refractivity contribution < 1.29 is 31.5 Å². The molecule has 0 aliphatic carbocycles. The van der Waals surface area contributed by atoms with Crippen LogP contribution in [-0.2, 0) is 26.8 Å². The Hall–Kier alpha value is -1.72. The Morgan fingerprint density at radius 1 is 1.09 bits per heavy atom. The Labute approximate surface area is 203 Å². The Bertz CT molecular complexity index is 1140. The van der Waals surface area contributed by atoms with Crippen LogP contribution >= 0.6 is 34.8 Å². The van der Waals surface area contributed by atoms with E-state index >= 15 is 0 Å². The number of alkyl halides is 3. The molecule has 0 aromatic heterocycles. The van der Waals surface area contributed by atoms with Crippen molar-refractivity contribution in [2.45, 2.75) is 25.2 Å². The third-order valence-corrected chi connectivity index (χ3v) is 6.67. The summed E-state index contributed by atoms with van der Waals surface area (Å²) in [5, 5.41) is 15.0. The number of hydrogen-bond donors (Lipinski definition) is 3. The van der Waals surface area contributed by atoms with Crippen LogP contribution in [0.15, 0.2) is 30.3 Å². The van der Waals surface area contributed by atoms with Gasteiger partial charge in [0.1, 0.15) is 5.75 Å². The molecule has 13 heteroatoms. The molecule has 0 saturated heterocycles. The summed E-state index contributed by atoms with van der Waals surface area (Å²) in [4.78, 5) is 11.7. The minimum absolute atomic E-state index is 0.0364. The van der Waals surface area contributed by atoms with Gasteiger partial charge in [0.05, 0.1) is 21.6 Å². The van der Waals surface area contributed by atoms with Crippen LogP contribution in [0.25, 0.3) is 0 Å². The average molecular weight is 548 g/mol. The van der Waals surface area contributed by atoms with Gasteiger partial charge in [-0.2, -0.15) is 13.2 Å². The summed E-state index contributed by atoms with van der Waals surface area (Å²) in [6.07, 6.45) is -4.13. The highest BCUT2D eigenvalue weighted by atomic mass is 35.5. The third-order valence-electron chi connectivity index (χ3n) is 4.69. The molecule has 0 aliphatic rings. The predicted octanol–water partition coefficient (Wildman–Crippen LogP) is 4.48. The normalized spacial score (nSPS) is 14.0. The van der Waals surface area contributed by atoms with Crippen LogP contribution in [0.4, 0.5) is 18.9 Å². The van der Waals surface area contributed by atoms with Crippen molar-refractivity contribution in [3.63, 3.8) is 0 Å². The number of benzene rings is 2. The van der Waals surface area contributed by atoms with E-state index in [9.17, 15) is 31.5 Å². The van der Waals surface area contributed by atoms with Crippen molar-refractivity contribution in [1.82, 2.24) is 5.32 Å². The van der Waals surface area contributed by atoms with E-state index in [-0.39, 0.29) is 27.3 Å². The van der Waals surface area contributed by atoms with Crippen molar-refractivity contribution in [3.05, 3.63) is 62.1 Å². The van der Waals surface area contributed by atoms with Gasteiger partial charge in [0.25, 0.3) is 0 Å². The van der Waals surface area contributed by atoms with Gasteiger partial charge in [-0.3, -0.25) is 4.79 Å². The van der Waals surface area contributed by atoms with E-state index in [4.69, 9.17) is 34.8 Å². The van der Waals surface area contributed by atoms with E-state index in [2.05, 4.69) is 10.6 Å². The quantitative estimate of drug-likeness (QED) is 0.424. The molecule has 0 spiro atoms. The van der Waals surface area contributed by atoms with Gasteiger partial charge in [-0.25, -0.2) is 8.42 Å². The third kappa shape index (κ3) is 7.13. The molecule has 2 rings (SSSR count). The molecule has 2 aromatic rings. The van der Waals surface area contributed by atoms with Gasteiger partial charge in [0.15, 0.2) is 9.84 Å². The molecule has 1 atom stereocenters. The van der Waals surface area contributed by atoms with Crippen LogP contribution in [-0.4, -0.2) is 44.2 Å². The maximum Gasteiger partial charge on any atom is 0.423 e. The summed E-state index contributed by atoms with van der Waals surface area (Å²) >= 11 is 17.5. The molecule has 0 bridgehead atoms. The summed E-state index contributed by atoms with van der Waals surface area (Å²) in [5.41, 5.74) is -2.38. The largest absolute Gasteiger partial charge is 0.423 e. The predicted molar refractivity (Wildman–Crippen MR) is 123 cm³/mol. The molecule has 0 radical (unpaired) electrons.